The Morgan fingerprint density at radius 2 is 1.86 bits per heavy atom. The third-order valence-electron chi connectivity index (χ3n) is 3.82. The van der Waals surface area contributed by atoms with Crippen LogP contribution in [0.1, 0.15) is 11.1 Å². The van der Waals surface area contributed by atoms with E-state index in [1.807, 2.05) is 48.5 Å². The van der Waals surface area contributed by atoms with E-state index in [0.717, 1.165) is 21.3 Å². The van der Waals surface area contributed by atoms with Crippen molar-refractivity contribution in [3.63, 3.8) is 0 Å². The van der Waals surface area contributed by atoms with Gasteiger partial charge < -0.3 is 9.47 Å². The summed E-state index contributed by atoms with van der Waals surface area (Å²) in [7, 11) is 1.59. The van der Waals surface area contributed by atoms with Crippen LogP contribution in [0.15, 0.2) is 70.2 Å². The lowest BCUT2D eigenvalue weighted by Crippen LogP contribution is -2.00. The lowest BCUT2D eigenvalue weighted by molar-refractivity contribution is 0.282. The number of ether oxygens (including phenoxy) is 2. The summed E-state index contributed by atoms with van der Waals surface area (Å²) in [5.74, 6) is 1.17. The molecule has 144 valence electrons. The van der Waals surface area contributed by atoms with Crippen molar-refractivity contribution in [1.82, 2.24) is 0 Å². The summed E-state index contributed by atoms with van der Waals surface area (Å²) >= 11 is 15.7. The highest BCUT2D eigenvalue weighted by molar-refractivity contribution is 9.10. The van der Waals surface area contributed by atoms with Crippen LogP contribution in [0, 0.1) is 0 Å². The fourth-order valence-corrected chi connectivity index (χ4v) is 3.47. The third kappa shape index (κ3) is 5.41. The maximum atomic E-state index is 6.21. The van der Waals surface area contributed by atoms with Crippen molar-refractivity contribution in [3.8, 4) is 11.5 Å². The van der Waals surface area contributed by atoms with Crippen LogP contribution in [-0.4, -0.2) is 13.3 Å². The summed E-state index contributed by atoms with van der Waals surface area (Å²) in [6, 6.07) is 18.8. The molecule has 0 aromatic heterocycles. The van der Waals surface area contributed by atoms with Crippen LogP contribution in [0.5, 0.6) is 11.5 Å². The van der Waals surface area contributed by atoms with Gasteiger partial charge in [0.2, 0.25) is 0 Å². The van der Waals surface area contributed by atoms with E-state index >= 15 is 0 Å². The van der Waals surface area contributed by atoms with Gasteiger partial charge in [0.1, 0.15) is 6.61 Å². The number of hydrazone groups is 1. The highest BCUT2D eigenvalue weighted by Crippen LogP contribution is 2.37. The number of halogens is 3. The van der Waals surface area contributed by atoms with Gasteiger partial charge in [0.05, 0.1) is 23.5 Å². The summed E-state index contributed by atoms with van der Waals surface area (Å²) < 4.78 is 12.2. The molecule has 3 aromatic rings. The molecule has 0 atom stereocenters. The maximum Gasteiger partial charge on any atom is 0.175 e. The normalized spacial score (nSPS) is 10.9. The highest BCUT2D eigenvalue weighted by atomic mass is 79.9. The van der Waals surface area contributed by atoms with Crippen molar-refractivity contribution in [3.05, 3.63) is 86.3 Å². The van der Waals surface area contributed by atoms with E-state index < -0.39 is 0 Å². The number of para-hydroxylation sites is 1. The number of methoxy groups -OCH3 is 1. The standard InChI is InChI=1S/C21H17BrCl2N2O2/c1-27-20-10-14(12-25-26-17-5-3-2-4-6-17)9-18(22)21(20)28-13-15-7-8-16(23)11-19(15)24/h2-12,26H,13H2,1H3/b25-12-. The van der Waals surface area contributed by atoms with Gasteiger partial charge in [-0.3, -0.25) is 5.43 Å². The Morgan fingerprint density at radius 1 is 1.07 bits per heavy atom. The van der Waals surface area contributed by atoms with Crippen LogP contribution < -0.4 is 14.9 Å². The van der Waals surface area contributed by atoms with Crippen LogP contribution in [0.2, 0.25) is 10.0 Å². The SMILES string of the molecule is COc1cc(/C=N\Nc2ccccc2)cc(Br)c1OCc1ccc(Cl)cc1Cl. The molecular weight excluding hydrogens is 463 g/mol. The van der Waals surface area contributed by atoms with E-state index in [2.05, 4.69) is 26.5 Å². The van der Waals surface area contributed by atoms with E-state index in [1.54, 1.807) is 25.5 Å². The lowest BCUT2D eigenvalue weighted by atomic mass is 10.2. The molecule has 28 heavy (non-hydrogen) atoms. The molecule has 3 aromatic carbocycles. The van der Waals surface area contributed by atoms with Crippen molar-refractivity contribution in [2.24, 2.45) is 5.10 Å². The lowest BCUT2D eigenvalue weighted by Gasteiger charge is -2.14. The van der Waals surface area contributed by atoms with Crippen molar-refractivity contribution >= 4 is 51.0 Å². The quantitative estimate of drug-likeness (QED) is 0.299. The second kappa shape index (κ2) is 9.82. The summed E-state index contributed by atoms with van der Waals surface area (Å²) in [4.78, 5) is 0. The maximum absolute atomic E-state index is 6.21. The summed E-state index contributed by atoms with van der Waals surface area (Å²) in [5, 5.41) is 5.39. The Bertz CT molecular complexity index is 982. The number of hydrogen-bond acceptors (Lipinski definition) is 4. The minimum absolute atomic E-state index is 0.286. The molecule has 0 saturated heterocycles. The van der Waals surface area contributed by atoms with Crippen molar-refractivity contribution < 1.29 is 9.47 Å². The molecule has 0 unspecified atom stereocenters. The molecule has 0 amide bonds. The monoisotopic (exact) mass is 478 g/mol. The van der Waals surface area contributed by atoms with E-state index in [9.17, 15) is 0 Å². The van der Waals surface area contributed by atoms with Gasteiger partial charge in [0, 0.05) is 15.6 Å². The molecule has 0 spiro atoms. The first-order valence-corrected chi connectivity index (χ1v) is 9.90. The molecule has 0 aliphatic carbocycles. The van der Waals surface area contributed by atoms with Gasteiger partial charge in [-0.25, -0.2) is 0 Å². The number of nitrogens with one attached hydrogen (secondary N) is 1. The second-order valence-electron chi connectivity index (χ2n) is 5.79. The van der Waals surface area contributed by atoms with Gasteiger partial charge in [-0.1, -0.05) is 47.5 Å². The van der Waals surface area contributed by atoms with Gasteiger partial charge in [0.25, 0.3) is 0 Å². The van der Waals surface area contributed by atoms with Gasteiger partial charge in [-0.05, 0) is 57.9 Å². The van der Waals surface area contributed by atoms with Crippen molar-refractivity contribution in [2.45, 2.75) is 6.61 Å². The predicted octanol–water partition coefficient (Wildman–Crippen LogP) is 6.79. The van der Waals surface area contributed by atoms with E-state index in [0.29, 0.717) is 21.5 Å². The number of rotatable bonds is 7. The van der Waals surface area contributed by atoms with E-state index in [4.69, 9.17) is 32.7 Å². The zero-order valence-electron chi connectivity index (χ0n) is 15.0. The summed E-state index contributed by atoms with van der Waals surface area (Å²) in [6.45, 7) is 0.286. The topological polar surface area (TPSA) is 42.8 Å². The first-order chi connectivity index (χ1) is 13.6. The van der Waals surface area contributed by atoms with Crippen molar-refractivity contribution in [1.29, 1.82) is 0 Å². The number of benzene rings is 3. The molecular formula is C21H17BrCl2N2O2. The largest absolute Gasteiger partial charge is 0.493 e. The zero-order chi connectivity index (χ0) is 19.9. The average Bonchev–Trinajstić information content (AvgIpc) is 2.69. The molecule has 0 fully saturated rings. The first kappa shape index (κ1) is 20.5. The Morgan fingerprint density at radius 3 is 2.57 bits per heavy atom. The molecule has 0 saturated carbocycles. The number of anilines is 1. The molecule has 1 N–H and O–H groups in total. The van der Waals surface area contributed by atoms with Crippen LogP contribution in [0.3, 0.4) is 0 Å². The number of hydrogen-bond donors (Lipinski definition) is 1. The van der Waals surface area contributed by atoms with Crippen LogP contribution in [-0.2, 0) is 6.61 Å². The van der Waals surface area contributed by atoms with Crippen LogP contribution >= 0.6 is 39.1 Å². The zero-order valence-corrected chi connectivity index (χ0v) is 18.1. The molecule has 0 bridgehead atoms. The Labute approximate surface area is 182 Å². The molecule has 0 radical (unpaired) electrons. The van der Waals surface area contributed by atoms with E-state index in [1.165, 1.54) is 0 Å². The second-order valence-corrected chi connectivity index (χ2v) is 7.49. The molecule has 0 aliphatic rings. The average molecular weight is 480 g/mol. The molecule has 3 rings (SSSR count). The minimum atomic E-state index is 0.286. The molecule has 7 heteroatoms. The van der Waals surface area contributed by atoms with Gasteiger partial charge >= 0.3 is 0 Å². The van der Waals surface area contributed by atoms with Crippen LogP contribution in [0.4, 0.5) is 5.69 Å². The smallest absolute Gasteiger partial charge is 0.175 e. The van der Waals surface area contributed by atoms with Gasteiger partial charge in [-0.15, -0.1) is 0 Å². The number of nitrogens with zero attached hydrogens (tertiary/aromatic N) is 1. The summed E-state index contributed by atoms with van der Waals surface area (Å²) in [6.07, 6.45) is 1.71. The van der Waals surface area contributed by atoms with E-state index in [-0.39, 0.29) is 6.61 Å². The van der Waals surface area contributed by atoms with Crippen molar-refractivity contribution in [2.75, 3.05) is 12.5 Å². The third-order valence-corrected chi connectivity index (χ3v) is 5.00. The fraction of sp³-hybridized carbons (Fsp3) is 0.0952. The highest BCUT2D eigenvalue weighted by Gasteiger charge is 2.12. The predicted molar refractivity (Wildman–Crippen MR) is 119 cm³/mol. The fourth-order valence-electron chi connectivity index (χ4n) is 2.44. The minimum Gasteiger partial charge on any atom is -0.493 e. The molecule has 0 aliphatic heterocycles. The molecule has 0 heterocycles. The van der Waals surface area contributed by atoms with Gasteiger partial charge in [0.15, 0.2) is 11.5 Å². The Balaban J connectivity index is 1.73. The van der Waals surface area contributed by atoms with Gasteiger partial charge in [-0.2, -0.15) is 5.10 Å². The Kier molecular flexibility index (Phi) is 7.20. The van der Waals surface area contributed by atoms with Crippen LogP contribution in [0.25, 0.3) is 0 Å². The first-order valence-electron chi connectivity index (χ1n) is 8.35. The molecule has 4 nitrogen and oxygen atoms in total. The Hall–Kier alpha value is -2.21. The summed E-state index contributed by atoms with van der Waals surface area (Å²) in [5.41, 5.74) is 5.57.